The molecule has 2 atom stereocenters. The van der Waals surface area contributed by atoms with Gasteiger partial charge in [0.1, 0.15) is 11.9 Å². The van der Waals surface area contributed by atoms with Gasteiger partial charge >= 0.3 is 0 Å². The van der Waals surface area contributed by atoms with Crippen LogP contribution in [0.5, 0.6) is 5.75 Å². The normalized spacial score (nSPS) is 17.6. The Balaban J connectivity index is 1.39. The molecule has 1 saturated heterocycles. The van der Waals surface area contributed by atoms with Gasteiger partial charge in [-0.1, -0.05) is 48.0 Å². The van der Waals surface area contributed by atoms with Gasteiger partial charge in [0.25, 0.3) is 0 Å². The summed E-state index contributed by atoms with van der Waals surface area (Å²) in [4.78, 5) is 29.8. The van der Waals surface area contributed by atoms with Gasteiger partial charge in [0.15, 0.2) is 0 Å². The van der Waals surface area contributed by atoms with Gasteiger partial charge in [-0.05, 0) is 42.2 Å². The molecule has 36 heavy (non-hydrogen) atoms. The molecule has 4 rings (SSSR count). The maximum Gasteiger partial charge on any atom is 0.223 e. The van der Waals surface area contributed by atoms with Gasteiger partial charge in [-0.3, -0.25) is 14.7 Å². The van der Waals surface area contributed by atoms with Crippen LogP contribution in [0.2, 0.25) is 5.02 Å². The molecule has 7 nitrogen and oxygen atoms in total. The zero-order chi connectivity index (χ0) is 25.3. The van der Waals surface area contributed by atoms with E-state index in [0.29, 0.717) is 49.7 Å². The van der Waals surface area contributed by atoms with Gasteiger partial charge < -0.3 is 14.5 Å². The zero-order valence-electron chi connectivity index (χ0n) is 20.6. The number of aromatic nitrogens is 2. The van der Waals surface area contributed by atoms with Crippen LogP contribution in [0.15, 0.2) is 67.0 Å². The quantitative estimate of drug-likeness (QED) is 0.429. The first-order chi connectivity index (χ1) is 17.5. The summed E-state index contributed by atoms with van der Waals surface area (Å²) in [7, 11) is 1.82. The van der Waals surface area contributed by atoms with Crippen molar-refractivity contribution < 1.29 is 14.3 Å². The number of carbonyl (C=O) groups excluding carboxylic acids is 2. The van der Waals surface area contributed by atoms with Gasteiger partial charge in [-0.2, -0.15) is 5.10 Å². The highest BCUT2D eigenvalue weighted by Gasteiger charge is 2.35. The molecule has 3 aromatic rings. The van der Waals surface area contributed by atoms with Gasteiger partial charge in [-0.15, -0.1) is 0 Å². The molecule has 2 aromatic carbocycles. The van der Waals surface area contributed by atoms with Crippen molar-refractivity contribution in [1.82, 2.24) is 20.0 Å². The number of H-pyrrole nitrogens is 1. The van der Waals surface area contributed by atoms with Gasteiger partial charge in [0.05, 0.1) is 6.20 Å². The summed E-state index contributed by atoms with van der Waals surface area (Å²) >= 11 is 6.15. The van der Waals surface area contributed by atoms with Crippen molar-refractivity contribution in [3.8, 4) is 5.75 Å². The van der Waals surface area contributed by atoms with Crippen LogP contribution in [-0.4, -0.2) is 58.1 Å². The molecule has 1 aliphatic rings. The van der Waals surface area contributed by atoms with Crippen LogP contribution in [0.1, 0.15) is 36.8 Å². The Kier molecular flexibility index (Phi) is 9.01. The number of amides is 2. The van der Waals surface area contributed by atoms with E-state index in [-0.39, 0.29) is 23.8 Å². The molecule has 1 N–H and O–H groups in total. The van der Waals surface area contributed by atoms with Crippen molar-refractivity contribution in [2.45, 2.75) is 44.8 Å². The molecule has 1 aliphatic heterocycles. The van der Waals surface area contributed by atoms with E-state index >= 15 is 0 Å². The summed E-state index contributed by atoms with van der Waals surface area (Å²) in [6.07, 6.45) is 6.50. The van der Waals surface area contributed by atoms with E-state index in [9.17, 15) is 9.59 Å². The summed E-state index contributed by atoms with van der Waals surface area (Å²) in [5, 5.41) is 7.37. The molecular weight excluding hydrogens is 476 g/mol. The zero-order valence-corrected chi connectivity index (χ0v) is 21.4. The van der Waals surface area contributed by atoms with E-state index in [1.165, 1.54) is 0 Å². The minimum atomic E-state index is -0.174. The van der Waals surface area contributed by atoms with Crippen molar-refractivity contribution in [1.29, 1.82) is 0 Å². The molecule has 2 amide bonds. The van der Waals surface area contributed by atoms with Crippen molar-refractivity contribution in [3.05, 3.63) is 83.1 Å². The molecule has 1 fully saturated rings. The predicted molar refractivity (Wildman–Crippen MR) is 140 cm³/mol. The molecule has 0 spiro atoms. The predicted octanol–water partition coefficient (Wildman–Crippen LogP) is 4.73. The fraction of sp³-hybridized carbons (Fsp3) is 0.393. The fourth-order valence-electron chi connectivity index (χ4n) is 4.65. The summed E-state index contributed by atoms with van der Waals surface area (Å²) in [5.74, 6) is 0.733. The highest BCUT2D eigenvalue weighted by atomic mass is 35.5. The Labute approximate surface area is 217 Å². The number of ether oxygens (including phenoxy) is 1. The number of aryl methyl sites for hydroxylation is 1. The summed E-state index contributed by atoms with van der Waals surface area (Å²) in [6.45, 7) is 1.66. The molecule has 0 unspecified atom stereocenters. The number of rotatable bonds is 10. The number of likely N-dealkylation sites (tertiary alicyclic amines) is 1. The minimum absolute atomic E-state index is 0.0396. The molecule has 0 aliphatic carbocycles. The maximum absolute atomic E-state index is 13.2. The van der Waals surface area contributed by atoms with E-state index in [0.717, 1.165) is 24.0 Å². The van der Waals surface area contributed by atoms with E-state index in [2.05, 4.69) is 10.2 Å². The van der Waals surface area contributed by atoms with E-state index < -0.39 is 0 Å². The van der Waals surface area contributed by atoms with Crippen LogP contribution >= 0.6 is 11.6 Å². The van der Waals surface area contributed by atoms with E-state index in [1.807, 2.05) is 60.6 Å². The highest BCUT2D eigenvalue weighted by Crippen LogP contribution is 2.28. The third-order valence-electron chi connectivity index (χ3n) is 6.64. The number of aromatic amines is 1. The molecule has 2 heterocycles. The maximum atomic E-state index is 13.2. The first-order valence-corrected chi connectivity index (χ1v) is 12.8. The number of nitrogens with one attached hydrogen (secondary N) is 1. The van der Waals surface area contributed by atoms with Crippen molar-refractivity contribution in [2.24, 2.45) is 5.92 Å². The summed E-state index contributed by atoms with van der Waals surface area (Å²) in [5.41, 5.74) is 2.18. The molecule has 8 heteroatoms. The molecular formula is C28H33ClN4O3. The third kappa shape index (κ3) is 7.34. The Morgan fingerprint density at radius 2 is 2.00 bits per heavy atom. The second-order valence-electron chi connectivity index (χ2n) is 9.40. The Morgan fingerprint density at radius 1 is 1.17 bits per heavy atom. The smallest absolute Gasteiger partial charge is 0.223 e. The van der Waals surface area contributed by atoms with Gasteiger partial charge in [0.2, 0.25) is 11.8 Å². The molecule has 190 valence electrons. The standard InChI is InChI=1S/C28H33ClN4O3/c1-32(19-21-7-3-2-4-8-21)28(35)15-23-20-33(27(34)12-5-9-22-17-30-31-18-22)14-13-26(23)36-25-11-6-10-24(29)16-25/h2-4,6-8,10-11,16-18,23,26H,5,9,12-15,19-20H2,1H3,(H,30,31)/t23-,26-/m0/s1. The van der Waals surface area contributed by atoms with E-state index in [4.69, 9.17) is 16.3 Å². The number of nitrogens with zero attached hydrogens (tertiary/aromatic N) is 3. The molecule has 0 bridgehead atoms. The van der Waals surface area contributed by atoms with Crippen LogP contribution in [0, 0.1) is 5.92 Å². The van der Waals surface area contributed by atoms with Gasteiger partial charge in [-0.25, -0.2) is 0 Å². The van der Waals surface area contributed by atoms with Crippen molar-refractivity contribution in [3.63, 3.8) is 0 Å². The van der Waals surface area contributed by atoms with E-state index in [1.54, 1.807) is 23.2 Å². The lowest BCUT2D eigenvalue weighted by molar-refractivity contribution is -0.139. The number of carbonyl (C=O) groups is 2. The topological polar surface area (TPSA) is 78.5 Å². The average Bonchev–Trinajstić information content (AvgIpc) is 3.39. The molecule has 0 saturated carbocycles. The first-order valence-electron chi connectivity index (χ1n) is 12.4. The van der Waals surface area contributed by atoms with Crippen LogP contribution in [-0.2, 0) is 22.6 Å². The second kappa shape index (κ2) is 12.6. The average molecular weight is 509 g/mol. The molecule has 0 radical (unpaired) electrons. The first kappa shape index (κ1) is 25.8. The minimum Gasteiger partial charge on any atom is -0.490 e. The van der Waals surface area contributed by atoms with Crippen molar-refractivity contribution in [2.75, 3.05) is 20.1 Å². The lowest BCUT2D eigenvalue weighted by Gasteiger charge is -2.39. The third-order valence-corrected chi connectivity index (χ3v) is 6.87. The van der Waals surface area contributed by atoms with Crippen LogP contribution < -0.4 is 4.74 Å². The lowest BCUT2D eigenvalue weighted by Crippen LogP contribution is -2.49. The SMILES string of the molecule is CN(Cc1ccccc1)C(=O)C[C@H]1CN(C(=O)CCCc2cn[nH]c2)CC[C@@H]1Oc1cccc(Cl)c1. The van der Waals surface area contributed by atoms with Crippen LogP contribution in [0.25, 0.3) is 0 Å². The summed E-state index contributed by atoms with van der Waals surface area (Å²) in [6, 6.07) is 17.3. The number of benzene rings is 2. The van der Waals surface area contributed by atoms with Crippen LogP contribution in [0.3, 0.4) is 0 Å². The number of piperidine rings is 1. The highest BCUT2D eigenvalue weighted by molar-refractivity contribution is 6.30. The fourth-order valence-corrected chi connectivity index (χ4v) is 4.83. The lowest BCUT2D eigenvalue weighted by atomic mass is 9.90. The Hall–Kier alpha value is -3.32. The summed E-state index contributed by atoms with van der Waals surface area (Å²) < 4.78 is 6.30. The second-order valence-corrected chi connectivity index (χ2v) is 9.84. The monoisotopic (exact) mass is 508 g/mol. The largest absolute Gasteiger partial charge is 0.490 e. The van der Waals surface area contributed by atoms with Gasteiger partial charge in [0, 0.05) is 63.1 Å². The Bertz CT molecular complexity index is 1120. The number of halogens is 1. The number of hydrogen-bond donors (Lipinski definition) is 1. The number of hydrogen-bond acceptors (Lipinski definition) is 4. The van der Waals surface area contributed by atoms with Crippen LogP contribution in [0.4, 0.5) is 0 Å². The van der Waals surface area contributed by atoms with Crippen molar-refractivity contribution >= 4 is 23.4 Å². The molecule has 1 aromatic heterocycles. The Morgan fingerprint density at radius 3 is 2.75 bits per heavy atom.